The third-order valence-corrected chi connectivity index (χ3v) is 2.21. The number of carbonyl (C=O) groups excluding carboxylic acids is 1. The number of nitrogens with zero attached hydrogens (tertiary/aromatic N) is 1. The van der Waals surface area contributed by atoms with E-state index >= 15 is 0 Å². The number of benzene rings is 1. The fourth-order valence-corrected chi connectivity index (χ4v) is 1.36. The number of primary amides is 1. The molecule has 0 spiro atoms. The second-order valence-electron chi connectivity index (χ2n) is 3.37. The topological polar surface area (TPSA) is 88.8 Å². The molecule has 6 heteroatoms. The van der Waals surface area contributed by atoms with Gasteiger partial charge in [0.1, 0.15) is 11.4 Å². The van der Waals surface area contributed by atoms with Gasteiger partial charge >= 0.3 is 0 Å². The molecule has 5 nitrogen and oxygen atoms in total. The zero-order chi connectivity index (χ0) is 12.4. The predicted octanol–water partition coefficient (Wildman–Crippen LogP) is 0.675. The Kier molecular flexibility index (Phi) is 2.70. The molecule has 0 bridgehead atoms. The fourth-order valence-electron chi connectivity index (χ4n) is 1.36. The summed E-state index contributed by atoms with van der Waals surface area (Å²) in [7, 11) is 0. The molecule has 0 saturated heterocycles. The lowest BCUT2D eigenvalue weighted by molar-refractivity contribution is 0.0998. The minimum atomic E-state index is -0.836. The normalized spacial score (nSPS) is 10.2. The highest BCUT2D eigenvalue weighted by Gasteiger charge is 2.09. The first kappa shape index (κ1) is 11.0. The van der Waals surface area contributed by atoms with Crippen molar-refractivity contribution in [1.29, 1.82) is 0 Å². The Morgan fingerprint density at radius 1 is 1.29 bits per heavy atom. The summed E-state index contributed by atoms with van der Waals surface area (Å²) in [4.78, 5) is 22.2. The van der Waals surface area contributed by atoms with Gasteiger partial charge in [-0.25, -0.2) is 9.49 Å². The van der Waals surface area contributed by atoms with Gasteiger partial charge in [-0.15, -0.1) is 0 Å². The molecule has 0 fully saturated rings. The number of H-pyrrole nitrogens is 1. The third kappa shape index (κ3) is 2.20. The van der Waals surface area contributed by atoms with Crippen molar-refractivity contribution in [2.24, 2.45) is 5.73 Å². The largest absolute Gasteiger partial charge is 0.365 e. The standard InChI is InChI=1S/C11H8FN3O2/c12-7-3-1-6(2-4-7)9-5-8(10(13)16)11(17)15-14-9/h1-5H,(H2,13,16)(H,15,17). The van der Waals surface area contributed by atoms with E-state index in [1.807, 2.05) is 0 Å². The molecule has 0 aliphatic carbocycles. The number of nitrogens with one attached hydrogen (secondary N) is 1. The van der Waals surface area contributed by atoms with Crippen LogP contribution in [-0.2, 0) is 0 Å². The van der Waals surface area contributed by atoms with Crippen LogP contribution in [0.25, 0.3) is 11.3 Å². The Labute approximate surface area is 95.1 Å². The van der Waals surface area contributed by atoms with E-state index in [1.165, 1.54) is 30.3 Å². The van der Waals surface area contributed by atoms with Gasteiger partial charge in [-0.2, -0.15) is 5.10 Å². The number of rotatable bonds is 2. The Balaban J connectivity index is 2.53. The van der Waals surface area contributed by atoms with E-state index in [-0.39, 0.29) is 11.4 Å². The molecular weight excluding hydrogens is 225 g/mol. The Morgan fingerprint density at radius 2 is 1.94 bits per heavy atom. The second-order valence-corrected chi connectivity index (χ2v) is 3.37. The molecule has 0 saturated carbocycles. The van der Waals surface area contributed by atoms with Crippen LogP contribution in [0.1, 0.15) is 10.4 Å². The maximum Gasteiger partial charge on any atom is 0.277 e. The molecule has 17 heavy (non-hydrogen) atoms. The van der Waals surface area contributed by atoms with E-state index in [4.69, 9.17) is 5.73 Å². The van der Waals surface area contributed by atoms with Gasteiger partial charge in [0.15, 0.2) is 0 Å². The summed E-state index contributed by atoms with van der Waals surface area (Å²) in [5.41, 5.74) is 5.13. The van der Waals surface area contributed by atoms with Crippen molar-refractivity contribution >= 4 is 5.91 Å². The summed E-state index contributed by atoms with van der Waals surface area (Å²) in [5, 5.41) is 5.92. The number of carbonyl (C=O) groups is 1. The summed E-state index contributed by atoms with van der Waals surface area (Å²) in [5.74, 6) is -1.22. The van der Waals surface area contributed by atoms with Gasteiger partial charge in [-0.1, -0.05) is 0 Å². The third-order valence-electron chi connectivity index (χ3n) is 2.21. The molecule has 0 radical (unpaired) electrons. The minimum absolute atomic E-state index is 0.181. The summed E-state index contributed by atoms with van der Waals surface area (Å²) < 4.78 is 12.7. The molecule has 1 aromatic heterocycles. The van der Waals surface area contributed by atoms with E-state index in [9.17, 15) is 14.0 Å². The van der Waals surface area contributed by atoms with Crippen LogP contribution >= 0.6 is 0 Å². The van der Waals surface area contributed by atoms with Gasteiger partial charge in [0.25, 0.3) is 11.5 Å². The van der Waals surface area contributed by atoms with Crippen molar-refractivity contribution in [3.8, 4) is 11.3 Å². The maximum absolute atomic E-state index is 12.7. The molecule has 1 aromatic carbocycles. The summed E-state index contributed by atoms with van der Waals surface area (Å²) in [6, 6.07) is 6.76. The van der Waals surface area contributed by atoms with Gasteiger partial charge in [0, 0.05) is 5.56 Å². The highest BCUT2D eigenvalue weighted by Crippen LogP contribution is 2.16. The molecule has 86 valence electrons. The molecule has 0 atom stereocenters. The zero-order valence-corrected chi connectivity index (χ0v) is 8.61. The minimum Gasteiger partial charge on any atom is -0.365 e. The molecule has 0 aliphatic heterocycles. The van der Waals surface area contributed by atoms with E-state index in [1.54, 1.807) is 0 Å². The monoisotopic (exact) mass is 233 g/mol. The summed E-state index contributed by atoms with van der Waals surface area (Å²) in [6.07, 6.45) is 0. The summed E-state index contributed by atoms with van der Waals surface area (Å²) >= 11 is 0. The first-order valence-corrected chi connectivity index (χ1v) is 4.73. The molecule has 3 N–H and O–H groups in total. The van der Waals surface area contributed by atoms with Crippen molar-refractivity contribution < 1.29 is 9.18 Å². The smallest absolute Gasteiger partial charge is 0.277 e. The van der Waals surface area contributed by atoms with Gasteiger partial charge in [-0.05, 0) is 30.3 Å². The van der Waals surface area contributed by atoms with Gasteiger partial charge < -0.3 is 5.73 Å². The number of amides is 1. The SMILES string of the molecule is NC(=O)c1cc(-c2ccc(F)cc2)n[nH]c1=O. The van der Waals surface area contributed by atoms with Crippen LogP contribution < -0.4 is 11.3 Å². The number of aromatic amines is 1. The van der Waals surface area contributed by atoms with E-state index in [2.05, 4.69) is 10.2 Å². The average molecular weight is 233 g/mol. The maximum atomic E-state index is 12.7. The van der Waals surface area contributed by atoms with Crippen molar-refractivity contribution in [3.63, 3.8) is 0 Å². The lowest BCUT2D eigenvalue weighted by Gasteiger charge is -2.01. The van der Waals surface area contributed by atoms with Crippen LogP contribution in [0.2, 0.25) is 0 Å². The fraction of sp³-hybridized carbons (Fsp3) is 0. The molecule has 0 aliphatic rings. The number of hydrogen-bond donors (Lipinski definition) is 2. The lowest BCUT2D eigenvalue weighted by Crippen LogP contribution is -2.24. The number of nitrogens with two attached hydrogens (primary N) is 1. The Morgan fingerprint density at radius 3 is 2.53 bits per heavy atom. The second kappa shape index (κ2) is 4.17. The number of hydrogen-bond acceptors (Lipinski definition) is 3. The van der Waals surface area contributed by atoms with Crippen LogP contribution in [0.3, 0.4) is 0 Å². The first-order chi connectivity index (χ1) is 8.08. The van der Waals surface area contributed by atoms with Crippen molar-refractivity contribution in [2.45, 2.75) is 0 Å². The van der Waals surface area contributed by atoms with Crippen LogP contribution in [0.4, 0.5) is 4.39 Å². The molecule has 0 unspecified atom stereocenters. The quantitative estimate of drug-likeness (QED) is 0.799. The van der Waals surface area contributed by atoms with Gasteiger partial charge in [-0.3, -0.25) is 9.59 Å². The highest BCUT2D eigenvalue weighted by molar-refractivity contribution is 5.93. The van der Waals surface area contributed by atoms with Crippen LogP contribution in [-0.4, -0.2) is 16.1 Å². The Bertz CT molecular complexity index is 619. The van der Waals surface area contributed by atoms with Crippen LogP contribution in [0.15, 0.2) is 35.1 Å². The van der Waals surface area contributed by atoms with Crippen molar-refractivity contribution in [2.75, 3.05) is 0 Å². The van der Waals surface area contributed by atoms with E-state index in [0.29, 0.717) is 11.3 Å². The summed E-state index contributed by atoms with van der Waals surface area (Å²) in [6.45, 7) is 0. The lowest BCUT2D eigenvalue weighted by atomic mass is 10.1. The van der Waals surface area contributed by atoms with Crippen LogP contribution in [0, 0.1) is 5.82 Å². The van der Waals surface area contributed by atoms with E-state index in [0.717, 1.165) is 0 Å². The van der Waals surface area contributed by atoms with Crippen molar-refractivity contribution in [3.05, 3.63) is 52.1 Å². The highest BCUT2D eigenvalue weighted by atomic mass is 19.1. The van der Waals surface area contributed by atoms with Gasteiger partial charge in [0.05, 0.1) is 5.69 Å². The zero-order valence-electron chi connectivity index (χ0n) is 8.61. The van der Waals surface area contributed by atoms with Crippen molar-refractivity contribution in [1.82, 2.24) is 10.2 Å². The number of halogens is 1. The number of aromatic nitrogens is 2. The average Bonchev–Trinajstić information content (AvgIpc) is 2.30. The molecule has 1 heterocycles. The molecule has 2 rings (SSSR count). The van der Waals surface area contributed by atoms with Gasteiger partial charge in [0.2, 0.25) is 0 Å². The van der Waals surface area contributed by atoms with Crippen LogP contribution in [0.5, 0.6) is 0 Å². The first-order valence-electron chi connectivity index (χ1n) is 4.73. The molecular formula is C11H8FN3O2. The predicted molar refractivity (Wildman–Crippen MR) is 58.8 cm³/mol. The van der Waals surface area contributed by atoms with E-state index < -0.39 is 11.5 Å². The molecule has 1 amide bonds. The molecule has 2 aromatic rings. The Hall–Kier alpha value is -2.50.